The van der Waals surface area contributed by atoms with Crippen LogP contribution in [0, 0.1) is 6.92 Å². The van der Waals surface area contributed by atoms with Crippen LogP contribution < -0.4 is 15.8 Å². The topological polar surface area (TPSA) is 76.3 Å². The van der Waals surface area contributed by atoms with Crippen LogP contribution in [0.3, 0.4) is 0 Å². The van der Waals surface area contributed by atoms with Crippen LogP contribution in [0.15, 0.2) is 0 Å². The van der Waals surface area contributed by atoms with Gasteiger partial charge in [0.1, 0.15) is 11.5 Å². The molecule has 0 spiro atoms. The Hall–Kier alpha value is -1.56. The fraction of sp³-hybridized carbons (Fsp3) is 0.714. The molecular formula is C14H27N5O. The lowest BCUT2D eigenvalue weighted by molar-refractivity contribution is 0.306. The second-order valence-corrected chi connectivity index (χ2v) is 4.64. The average molecular weight is 281 g/mol. The van der Waals surface area contributed by atoms with E-state index in [9.17, 15) is 0 Å². The first-order chi connectivity index (χ1) is 9.62. The third-order valence-corrected chi connectivity index (χ3v) is 3.08. The van der Waals surface area contributed by atoms with Gasteiger partial charge in [-0.05, 0) is 26.4 Å². The van der Waals surface area contributed by atoms with E-state index in [4.69, 9.17) is 10.5 Å². The summed E-state index contributed by atoms with van der Waals surface area (Å²) in [6.07, 6.45) is 0.924. The highest BCUT2D eigenvalue weighted by Gasteiger charge is 2.11. The van der Waals surface area contributed by atoms with Gasteiger partial charge < -0.3 is 20.7 Å². The fourth-order valence-corrected chi connectivity index (χ4v) is 1.87. The second kappa shape index (κ2) is 8.58. The lowest BCUT2D eigenvalue weighted by atomic mass is 10.4. The molecule has 6 heteroatoms. The summed E-state index contributed by atoms with van der Waals surface area (Å²) in [6.45, 7) is 12.7. The Morgan fingerprint density at radius 3 is 2.50 bits per heavy atom. The van der Waals surface area contributed by atoms with Crippen molar-refractivity contribution in [2.24, 2.45) is 0 Å². The largest absolute Gasteiger partial charge is 0.476 e. The first-order valence-electron chi connectivity index (χ1n) is 7.35. The van der Waals surface area contributed by atoms with Crippen LogP contribution in [0.4, 0.5) is 11.5 Å². The van der Waals surface area contributed by atoms with Crippen molar-refractivity contribution in [3.8, 4) is 5.88 Å². The molecule has 0 aliphatic carbocycles. The smallest absolute Gasteiger partial charge is 0.242 e. The predicted molar refractivity (Wildman–Crippen MR) is 83.2 cm³/mol. The Balaban J connectivity index is 2.67. The van der Waals surface area contributed by atoms with E-state index < -0.39 is 0 Å². The van der Waals surface area contributed by atoms with Crippen molar-refractivity contribution in [3.05, 3.63) is 5.82 Å². The molecule has 0 saturated carbocycles. The molecule has 1 aromatic heterocycles. The highest BCUT2D eigenvalue weighted by Crippen LogP contribution is 2.25. The van der Waals surface area contributed by atoms with E-state index in [2.05, 4.69) is 34.0 Å². The SMILES string of the molecule is CCCOc1nc(C)nc(NCCN(CC)CC)c1N. The van der Waals surface area contributed by atoms with Crippen LogP contribution >= 0.6 is 0 Å². The van der Waals surface area contributed by atoms with Gasteiger partial charge in [-0.1, -0.05) is 20.8 Å². The normalized spacial score (nSPS) is 10.8. The van der Waals surface area contributed by atoms with E-state index in [0.717, 1.165) is 32.6 Å². The van der Waals surface area contributed by atoms with Gasteiger partial charge in [0.05, 0.1) is 6.61 Å². The van der Waals surface area contributed by atoms with Crippen LogP contribution in [0.5, 0.6) is 5.88 Å². The molecule has 0 unspecified atom stereocenters. The van der Waals surface area contributed by atoms with Crippen molar-refractivity contribution in [1.29, 1.82) is 0 Å². The number of nitrogens with zero attached hydrogens (tertiary/aromatic N) is 3. The molecule has 20 heavy (non-hydrogen) atoms. The summed E-state index contributed by atoms with van der Waals surface area (Å²) in [5.74, 6) is 1.80. The van der Waals surface area contributed by atoms with E-state index in [1.54, 1.807) is 0 Å². The number of hydrogen-bond acceptors (Lipinski definition) is 6. The van der Waals surface area contributed by atoms with Gasteiger partial charge in [0.2, 0.25) is 5.88 Å². The third-order valence-electron chi connectivity index (χ3n) is 3.08. The van der Waals surface area contributed by atoms with Gasteiger partial charge >= 0.3 is 0 Å². The zero-order valence-corrected chi connectivity index (χ0v) is 13.1. The molecule has 3 N–H and O–H groups in total. The van der Waals surface area contributed by atoms with Crippen molar-refractivity contribution in [3.63, 3.8) is 0 Å². The van der Waals surface area contributed by atoms with Crippen LogP contribution in [0.2, 0.25) is 0 Å². The van der Waals surface area contributed by atoms with Gasteiger partial charge in [-0.15, -0.1) is 0 Å². The second-order valence-electron chi connectivity index (χ2n) is 4.64. The van der Waals surface area contributed by atoms with Gasteiger partial charge in [-0.2, -0.15) is 4.98 Å². The van der Waals surface area contributed by atoms with E-state index >= 15 is 0 Å². The Labute approximate surface area is 121 Å². The summed E-state index contributed by atoms with van der Waals surface area (Å²) in [5.41, 5.74) is 6.54. The van der Waals surface area contributed by atoms with Crippen LogP contribution in [-0.4, -0.2) is 47.7 Å². The Kier molecular flexibility index (Phi) is 7.08. The molecule has 0 aromatic carbocycles. The van der Waals surface area contributed by atoms with Gasteiger partial charge in [0.15, 0.2) is 5.82 Å². The number of hydrogen-bond donors (Lipinski definition) is 2. The molecule has 0 saturated heterocycles. The zero-order valence-electron chi connectivity index (χ0n) is 13.1. The first-order valence-corrected chi connectivity index (χ1v) is 7.35. The lowest BCUT2D eigenvalue weighted by Gasteiger charge is -2.19. The standard InChI is InChI=1S/C14H27N5O/c1-5-10-20-14-12(15)13(17-11(4)18-14)16-8-9-19(6-2)7-3/h5-10,15H2,1-4H3,(H,16,17,18). The third kappa shape index (κ3) is 4.85. The Morgan fingerprint density at radius 1 is 1.20 bits per heavy atom. The summed E-state index contributed by atoms with van der Waals surface area (Å²) < 4.78 is 5.55. The van der Waals surface area contributed by atoms with Crippen LogP contribution in [-0.2, 0) is 0 Å². The van der Waals surface area contributed by atoms with Gasteiger partial charge in [0, 0.05) is 13.1 Å². The number of anilines is 2. The molecule has 0 bridgehead atoms. The molecule has 1 heterocycles. The van der Waals surface area contributed by atoms with Crippen molar-refractivity contribution in [2.45, 2.75) is 34.1 Å². The molecule has 114 valence electrons. The fourth-order valence-electron chi connectivity index (χ4n) is 1.87. The number of aromatic nitrogens is 2. The molecule has 1 rings (SSSR count). The van der Waals surface area contributed by atoms with Crippen molar-refractivity contribution >= 4 is 11.5 Å². The van der Waals surface area contributed by atoms with Crippen molar-refractivity contribution in [1.82, 2.24) is 14.9 Å². The maximum absolute atomic E-state index is 6.05. The molecule has 0 fully saturated rings. The Morgan fingerprint density at radius 2 is 1.90 bits per heavy atom. The highest BCUT2D eigenvalue weighted by atomic mass is 16.5. The van der Waals surface area contributed by atoms with E-state index in [0.29, 0.717) is 29.8 Å². The zero-order chi connectivity index (χ0) is 15.0. The summed E-state index contributed by atoms with van der Waals surface area (Å²) in [4.78, 5) is 10.9. The quantitative estimate of drug-likeness (QED) is 0.720. The Bertz CT molecular complexity index is 407. The van der Waals surface area contributed by atoms with Crippen LogP contribution in [0.25, 0.3) is 0 Å². The van der Waals surface area contributed by atoms with Crippen LogP contribution in [0.1, 0.15) is 33.0 Å². The van der Waals surface area contributed by atoms with E-state index in [-0.39, 0.29) is 0 Å². The molecule has 1 aromatic rings. The van der Waals surface area contributed by atoms with Gasteiger partial charge in [-0.3, -0.25) is 0 Å². The molecule has 0 atom stereocenters. The number of nitrogens with one attached hydrogen (secondary N) is 1. The summed E-state index contributed by atoms with van der Waals surface area (Å²) in [6, 6.07) is 0. The number of ether oxygens (including phenoxy) is 1. The maximum atomic E-state index is 6.05. The van der Waals surface area contributed by atoms with Gasteiger partial charge in [0.25, 0.3) is 0 Å². The average Bonchev–Trinajstić information content (AvgIpc) is 2.45. The predicted octanol–water partition coefficient (Wildman–Crippen LogP) is 1.91. The molecule has 0 radical (unpaired) electrons. The minimum absolute atomic E-state index is 0.477. The summed E-state index contributed by atoms with van der Waals surface area (Å²) in [7, 11) is 0. The van der Waals surface area contributed by atoms with E-state index in [1.165, 1.54) is 0 Å². The number of nitrogen functional groups attached to an aromatic ring is 1. The minimum Gasteiger partial charge on any atom is -0.476 e. The van der Waals surface area contributed by atoms with Crippen molar-refractivity contribution in [2.75, 3.05) is 43.8 Å². The minimum atomic E-state index is 0.477. The first kappa shape index (κ1) is 16.5. The molecule has 6 nitrogen and oxygen atoms in total. The maximum Gasteiger partial charge on any atom is 0.242 e. The summed E-state index contributed by atoms with van der Waals surface area (Å²) in [5, 5.41) is 3.27. The molecule has 0 aliphatic rings. The molecule has 0 amide bonds. The molecule has 0 aliphatic heterocycles. The monoisotopic (exact) mass is 281 g/mol. The highest BCUT2D eigenvalue weighted by molar-refractivity contribution is 5.66. The number of rotatable bonds is 9. The number of likely N-dealkylation sites (N-methyl/N-ethyl adjacent to an activating group) is 1. The molecular weight excluding hydrogens is 254 g/mol. The van der Waals surface area contributed by atoms with E-state index in [1.807, 2.05) is 13.8 Å². The number of aryl methyl sites for hydroxylation is 1. The summed E-state index contributed by atoms with van der Waals surface area (Å²) >= 11 is 0. The van der Waals surface area contributed by atoms with Gasteiger partial charge in [-0.25, -0.2) is 4.98 Å². The number of nitrogens with two attached hydrogens (primary N) is 1. The van der Waals surface area contributed by atoms with Crippen molar-refractivity contribution < 1.29 is 4.74 Å². The lowest BCUT2D eigenvalue weighted by Crippen LogP contribution is -2.29.